The number of carbonyl (C=O) groups excluding carboxylic acids is 4. The monoisotopic (exact) mass is 710 g/mol. The number of amides is 4. The molecule has 4 aromatic rings. The zero-order valence-corrected chi connectivity index (χ0v) is 30.0. The number of benzene rings is 2. The van der Waals surface area contributed by atoms with Crippen molar-refractivity contribution < 1.29 is 28.7 Å². The third-order valence-electron chi connectivity index (χ3n) is 9.80. The van der Waals surface area contributed by atoms with E-state index in [-0.39, 0.29) is 23.9 Å². The first-order valence-corrected chi connectivity index (χ1v) is 17.8. The Balaban J connectivity index is 1.15. The number of rotatable bonds is 11. The number of imidazole rings is 2. The van der Waals surface area contributed by atoms with E-state index in [0.717, 1.165) is 83.7 Å². The summed E-state index contributed by atoms with van der Waals surface area (Å²) in [6, 6.07) is 15.4. The maximum atomic E-state index is 13.3. The van der Waals surface area contributed by atoms with Crippen LogP contribution in [0.5, 0.6) is 0 Å². The van der Waals surface area contributed by atoms with E-state index in [0.29, 0.717) is 18.9 Å². The second-order valence-corrected chi connectivity index (χ2v) is 13.3. The van der Waals surface area contributed by atoms with Crippen LogP contribution in [-0.2, 0) is 25.5 Å². The minimum absolute atomic E-state index is 0.165. The van der Waals surface area contributed by atoms with Gasteiger partial charge < -0.3 is 40.3 Å². The Morgan fingerprint density at radius 2 is 1.44 bits per heavy atom. The normalized spacial score (nSPS) is 18.2. The van der Waals surface area contributed by atoms with Crippen molar-refractivity contribution in [2.45, 2.75) is 83.5 Å². The number of aromatic nitrogens is 4. The third-order valence-corrected chi connectivity index (χ3v) is 9.80. The highest BCUT2D eigenvalue weighted by molar-refractivity contribution is 5.86. The Bertz CT molecular complexity index is 1900. The van der Waals surface area contributed by atoms with Gasteiger partial charge in [0.05, 0.1) is 36.3 Å². The molecule has 0 aliphatic carbocycles. The van der Waals surface area contributed by atoms with Gasteiger partial charge in [-0.1, -0.05) is 61.9 Å². The Kier molecular flexibility index (Phi) is 10.9. The van der Waals surface area contributed by atoms with Gasteiger partial charge >= 0.3 is 12.2 Å². The molecule has 52 heavy (non-hydrogen) atoms. The Hall–Kier alpha value is -5.66. The molecule has 4 heterocycles. The number of aryl methyl sites for hydroxylation is 1. The molecule has 0 saturated carbocycles. The van der Waals surface area contributed by atoms with Crippen LogP contribution in [0.25, 0.3) is 33.6 Å². The lowest BCUT2D eigenvalue weighted by atomic mass is 10.00. The molecule has 0 radical (unpaired) electrons. The molecule has 2 aliphatic heterocycles. The lowest BCUT2D eigenvalue weighted by Gasteiger charge is -2.26. The maximum absolute atomic E-state index is 13.3. The predicted octanol–water partition coefficient (Wildman–Crippen LogP) is 5.64. The molecule has 2 aliphatic rings. The first-order chi connectivity index (χ1) is 25.1. The van der Waals surface area contributed by atoms with Gasteiger partial charge in [0, 0.05) is 24.8 Å². The summed E-state index contributed by atoms with van der Waals surface area (Å²) in [4.78, 5) is 69.2. The Labute approximate surface area is 302 Å². The van der Waals surface area contributed by atoms with Crippen molar-refractivity contribution in [1.82, 2.24) is 35.1 Å². The Morgan fingerprint density at radius 3 is 2.04 bits per heavy atom. The van der Waals surface area contributed by atoms with Crippen LogP contribution in [0, 0.1) is 0 Å². The summed E-state index contributed by atoms with van der Waals surface area (Å²) in [5.74, 6) is 0.989. The molecule has 2 aromatic carbocycles. The van der Waals surface area contributed by atoms with Crippen LogP contribution in [-0.4, -0.2) is 86.1 Å². The zero-order chi connectivity index (χ0) is 36.9. The number of hydrogen-bond donors (Lipinski definition) is 4. The van der Waals surface area contributed by atoms with Crippen molar-refractivity contribution in [2.75, 3.05) is 20.2 Å². The molecule has 0 bridgehead atoms. The van der Waals surface area contributed by atoms with Crippen LogP contribution >= 0.6 is 0 Å². The molecule has 5 N–H and O–H groups in total. The van der Waals surface area contributed by atoms with E-state index in [2.05, 4.69) is 63.3 Å². The Morgan fingerprint density at radius 1 is 0.865 bits per heavy atom. The highest BCUT2D eigenvalue weighted by atomic mass is 16.6. The number of nitrogens with two attached hydrogens (primary N) is 1. The van der Waals surface area contributed by atoms with Gasteiger partial charge in [-0.3, -0.25) is 9.59 Å². The van der Waals surface area contributed by atoms with E-state index < -0.39 is 24.3 Å². The molecular formula is C38H46N8O6. The summed E-state index contributed by atoms with van der Waals surface area (Å²) in [6.45, 7) is 6.46. The standard InChI is InChI=1S/C38H46N8O6/c1-5-8-28-32(44-34(42-28)31-10-7-19-45(31)35(47)22(2)41-38(50)51-4)27-17-13-25(14-18-27)24-11-15-26(16-12-24)29-21-40-33(43-29)30-9-6-20-46(30)36(48)23(3)52-37(39)49/h11-18,21-23,30-31H,5-10,19-20H2,1-4H3,(H2,39,49)(H,40,43)(H,41,50)(H,42,44)/t22-,23-,30-,31-/m0/s1. The SMILES string of the molecule is CCCc1nc([C@@H]2CCCN2C(=O)[C@H](C)NC(=O)OC)[nH]c1-c1ccc(-c2ccc(-c3c[nH]c([C@@H]4CCCN4C(=O)[C@H](C)OC(N)=O)n3)cc2)cc1. The molecule has 2 fully saturated rings. The first-order valence-electron chi connectivity index (χ1n) is 17.8. The fourth-order valence-electron chi connectivity index (χ4n) is 7.20. The highest BCUT2D eigenvalue weighted by Crippen LogP contribution is 2.36. The van der Waals surface area contributed by atoms with Gasteiger partial charge in [0.2, 0.25) is 5.91 Å². The molecule has 6 rings (SSSR count). The smallest absolute Gasteiger partial charge is 0.407 e. The van der Waals surface area contributed by atoms with Crippen LogP contribution in [0.4, 0.5) is 9.59 Å². The molecule has 14 heteroatoms. The van der Waals surface area contributed by atoms with Crippen LogP contribution in [0.2, 0.25) is 0 Å². The number of likely N-dealkylation sites (tertiary alicyclic amines) is 2. The van der Waals surface area contributed by atoms with Gasteiger partial charge in [-0.15, -0.1) is 0 Å². The number of primary amides is 1. The fourth-order valence-corrected chi connectivity index (χ4v) is 7.20. The number of nitrogens with one attached hydrogen (secondary N) is 3. The van der Waals surface area contributed by atoms with E-state index in [1.165, 1.54) is 14.0 Å². The van der Waals surface area contributed by atoms with Crippen molar-refractivity contribution in [3.63, 3.8) is 0 Å². The van der Waals surface area contributed by atoms with Gasteiger partial charge in [-0.2, -0.15) is 0 Å². The van der Waals surface area contributed by atoms with E-state index in [4.69, 9.17) is 20.4 Å². The second kappa shape index (κ2) is 15.7. The lowest BCUT2D eigenvalue weighted by molar-refractivity contribution is -0.140. The molecule has 0 unspecified atom stereocenters. The maximum Gasteiger partial charge on any atom is 0.407 e. The summed E-state index contributed by atoms with van der Waals surface area (Å²) < 4.78 is 9.59. The minimum Gasteiger partial charge on any atom is -0.453 e. The van der Waals surface area contributed by atoms with Crippen LogP contribution in [0.15, 0.2) is 54.7 Å². The second-order valence-electron chi connectivity index (χ2n) is 13.3. The first kappa shape index (κ1) is 36.1. The number of methoxy groups -OCH3 is 1. The van der Waals surface area contributed by atoms with E-state index in [1.54, 1.807) is 16.7 Å². The van der Waals surface area contributed by atoms with Crippen LogP contribution in [0.3, 0.4) is 0 Å². The molecule has 2 saturated heterocycles. The van der Waals surface area contributed by atoms with Crippen LogP contribution < -0.4 is 11.1 Å². The third kappa shape index (κ3) is 7.65. The molecule has 4 atom stereocenters. The van der Waals surface area contributed by atoms with Crippen molar-refractivity contribution in [3.8, 4) is 33.6 Å². The molecule has 14 nitrogen and oxygen atoms in total. The van der Waals surface area contributed by atoms with Gasteiger partial charge in [-0.05, 0) is 62.6 Å². The van der Waals surface area contributed by atoms with Crippen molar-refractivity contribution in [2.24, 2.45) is 5.73 Å². The number of H-pyrrole nitrogens is 2. The molecule has 274 valence electrons. The van der Waals surface area contributed by atoms with Crippen molar-refractivity contribution in [3.05, 3.63) is 72.1 Å². The molecular weight excluding hydrogens is 664 g/mol. The lowest BCUT2D eigenvalue weighted by Crippen LogP contribution is -2.46. The minimum atomic E-state index is -0.977. The van der Waals surface area contributed by atoms with Gasteiger partial charge in [0.1, 0.15) is 17.7 Å². The van der Waals surface area contributed by atoms with Crippen molar-refractivity contribution in [1.29, 1.82) is 0 Å². The van der Waals surface area contributed by atoms with E-state index in [1.807, 2.05) is 18.3 Å². The summed E-state index contributed by atoms with van der Waals surface area (Å²) in [5, 5.41) is 2.58. The predicted molar refractivity (Wildman–Crippen MR) is 194 cm³/mol. The average molecular weight is 711 g/mol. The van der Waals surface area contributed by atoms with E-state index in [9.17, 15) is 19.2 Å². The van der Waals surface area contributed by atoms with Gasteiger partial charge in [0.25, 0.3) is 5.91 Å². The number of carbonyl (C=O) groups is 4. The molecule has 4 amide bonds. The largest absolute Gasteiger partial charge is 0.453 e. The zero-order valence-electron chi connectivity index (χ0n) is 30.0. The topological polar surface area (TPSA) is 189 Å². The quantitative estimate of drug-likeness (QED) is 0.154. The van der Waals surface area contributed by atoms with Crippen LogP contribution in [0.1, 0.15) is 82.3 Å². The van der Waals surface area contributed by atoms with Crippen molar-refractivity contribution >= 4 is 24.0 Å². The molecule has 2 aromatic heterocycles. The number of nitrogens with zero attached hydrogens (tertiary/aromatic N) is 4. The fraction of sp³-hybridized carbons (Fsp3) is 0.421. The van der Waals surface area contributed by atoms with E-state index >= 15 is 0 Å². The summed E-state index contributed by atoms with van der Waals surface area (Å²) in [7, 11) is 1.28. The molecule has 0 spiro atoms. The average Bonchev–Trinajstić information content (AvgIpc) is 3.97. The number of alkyl carbamates (subject to hydrolysis) is 1. The van der Waals surface area contributed by atoms with Gasteiger partial charge in [0.15, 0.2) is 6.10 Å². The highest BCUT2D eigenvalue weighted by Gasteiger charge is 2.36. The summed E-state index contributed by atoms with van der Waals surface area (Å²) >= 11 is 0. The number of ether oxygens (including phenoxy) is 2. The summed E-state index contributed by atoms with van der Waals surface area (Å²) in [5.41, 5.74) is 11.9. The number of aromatic amines is 2. The number of hydrogen-bond acceptors (Lipinski definition) is 8. The van der Waals surface area contributed by atoms with Gasteiger partial charge in [-0.25, -0.2) is 19.6 Å². The summed E-state index contributed by atoms with van der Waals surface area (Å²) in [6.07, 6.45) is 4.20.